The number of rotatable bonds is 15. The van der Waals surface area contributed by atoms with Gasteiger partial charge >= 0.3 is 5.97 Å². The van der Waals surface area contributed by atoms with Crippen molar-refractivity contribution in [3.63, 3.8) is 0 Å². The Kier molecular flexibility index (Phi) is 12.9. The summed E-state index contributed by atoms with van der Waals surface area (Å²) in [5.74, 6) is -0.652. The van der Waals surface area contributed by atoms with Crippen LogP contribution in [0.2, 0.25) is 0 Å². The first-order valence-corrected chi connectivity index (χ1v) is 19.4. The van der Waals surface area contributed by atoms with E-state index in [9.17, 15) is 9.18 Å². The Bertz CT molecular complexity index is 2100. The van der Waals surface area contributed by atoms with Crippen molar-refractivity contribution in [3.8, 4) is 10.4 Å². The summed E-state index contributed by atoms with van der Waals surface area (Å²) >= 11 is 1.70. The molecule has 0 aliphatic carbocycles. The SMILES string of the molecule is CC(=O)OC[C@H]1O[C@@H](c2ccc(C)c(Cc3ccc(-c4ccc(F)cc4)s3)c2)[C@H](OCc2ccccc2)[C@@H](OCc2ccccc2)[C@@H]1OCc1ccccc1. The van der Waals surface area contributed by atoms with Crippen LogP contribution in [0.25, 0.3) is 10.4 Å². The van der Waals surface area contributed by atoms with Crippen LogP contribution < -0.4 is 0 Å². The smallest absolute Gasteiger partial charge is 0.302 e. The van der Waals surface area contributed by atoms with E-state index < -0.39 is 36.5 Å². The number of hydrogen-bond donors (Lipinski definition) is 0. The highest BCUT2D eigenvalue weighted by molar-refractivity contribution is 7.15. The standard InChI is InChI=1S/C47H45FO6S/c1-32-18-19-38(26-39(32)27-41-24-25-43(55-41)37-20-22-40(48)23-21-37)44-46(52-29-35-14-8-4-9-15-35)47(53-30-36-16-10-5-11-17-36)45(42(54-44)31-50-33(2)49)51-28-34-12-6-3-7-13-34/h3-26,42,44-47H,27-31H2,1-2H3/t42-,44+,45-,46+,47+/m1/s1. The molecule has 0 N–H and O–H groups in total. The fraction of sp³-hybridized carbons (Fsp3) is 0.255. The molecule has 6 nitrogen and oxygen atoms in total. The van der Waals surface area contributed by atoms with Crippen molar-refractivity contribution < 1.29 is 32.9 Å². The van der Waals surface area contributed by atoms with E-state index in [2.05, 4.69) is 37.3 Å². The molecule has 1 saturated heterocycles. The fourth-order valence-corrected chi connectivity index (χ4v) is 7.91. The van der Waals surface area contributed by atoms with E-state index in [-0.39, 0.29) is 12.4 Å². The molecule has 1 aliphatic heterocycles. The molecule has 0 radical (unpaired) electrons. The van der Waals surface area contributed by atoms with Crippen LogP contribution in [0, 0.1) is 12.7 Å². The predicted molar refractivity (Wildman–Crippen MR) is 213 cm³/mol. The number of halogens is 1. The highest BCUT2D eigenvalue weighted by Crippen LogP contribution is 2.40. The minimum atomic E-state index is -0.657. The molecule has 5 aromatic carbocycles. The Labute approximate surface area is 326 Å². The van der Waals surface area contributed by atoms with Crippen molar-refractivity contribution in [3.05, 3.63) is 190 Å². The van der Waals surface area contributed by atoms with Gasteiger partial charge in [0.1, 0.15) is 42.9 Å². The molecule has 8 heteroatoms. The largest absolute Gasteiger partial charge is 0.463 e. The highest BCUT2D eigenvalue weighted by Gasteiger charge is 2.49. The number of carbonyl (C=O) groups excluding carboxylic acids is 1. The van der Waals surface area contributed by atoms with Crippen LogP contribution in [0.5, 0.6) is 0 Å². The van der Waals surface area contributed by atoms with E-state index in [4.69, 9.17) is 23.7 Å². The summed E-state index contributed by atoms with van der Waals surface area (Å²) in [6.07, 6.45) is -2.37. The zero-order chi connectivity index (χ0) is 38.0. The van der Waals surface area contributed by atoms with E-state index in [1.165, 1.54) is 23.9 Å². The minimum Gasteiger partial charge on any atom is -0.463 e. The van der Waals surface area contributed by atoms with Gasteiger partial charge in [-0.1, -0.05) is 121 Å². The second-order valence-electron chi connectivity index (χ2n) is 13.8. The molecule has 1 aliphatic rings. The maximum absolute atomic E-state index is 13.6. The zero-order valence-electron chi connectivity index (χ0n) is 31.0. The summed E-state index contributed by atoms with van der Waals surface area (Å²) in [6.45, 7) is 4.46. The summed E-state index contributed by atoms with van der Waals surface area (Å²) in [6, 6.07) is 47.3. The van der Waals surface area contributed by atoms with Crippen LogP contribution in [0.1, 0.15) is 51.3 Å². The molecule has 0 unspecified atom stereocenters. The number of esters is 1. The average Bonchev–Trinajstić information content (AvgIpc) is 3.68. The Balaban J connectivity index is 1.24. The quantitative estimate of drug-likeness (QED) is 0.0973. The zero-order valence-corrected chi connectivity index (χ0v) is 31.8. The monoisotopic (exact) mass is 756 g/mol. The third-order valence-electron chi connectivity index (χ3n) is 9.80. The van der Waals surface area contributed by atoms with Gasteiger partial charge in [-0.2, -0.15) is 0 Å². The molecular formula is C47H45FO6S. The number of hydrogen-bond acceptors (Lipinski definition) is 7. The molecule has 0 amide bonds. The van der Waals surface area contributed by atoms with Crippen molar-refractivity contribution >= 4 is 17.3 Å². The lowest BCUT2D eigenvalue weighted by Crippen LogP contribution is -2.58. The van der Waals surface area contributed by atoms with E-state index in [0.29, 0.717) is 26.2 Å². The van der Waals surface area contributed by atoms with Crippen LogP contribution in [-0.2, 0) is 54.7 Å². The number of thiophene rings is 1. The predicted octanol–water partition coefficient (Wildman–Crippen LogP) is 10.2. The first-order chi connectivity index (χ1) is 26.9. The van der Waals surface area contributed by atoms with Gasteiger partial charge in [-0.3, -0.25) is 4.79 Å². The van der Waals surface area contributed by atoms with E-state index in [1.54, 1.807) is 11.3 Å². The Morgan fingerprint density at radius 1 is 0.673 bits per heavy atom. The third kappa shape index (κ3) is 10.2. The van der Waals surface area contributed by atoms with Crippen molar-refractivity contribution in [2.45, 2.75) is 70.6 Å². The fourth-order valence-electron chi connectivity index (χ4n) is 6.88. The first kappa shape index (κ1) is 38.3. The molecule has 2 heterocycles. The minimum absolute atomic E-state index is 0.0119. The molecule has 55 heavy (non-hydrogen) atoms. The van der Waals surface area contributed by atoms with E-state index >= 15 is 0 Å². The maximum atomic E-state index is 13.6. The highest BCUT2D eigenvalue weighted by atomic mass is 32.1. The molecule has 7 rings (SSSR count). The van der Waals surface area contributed by atoms with Gasteiger partial charge in [0, 0.05) is 23.1 Å². The van der Waals surface area contributed by atoms with Crippen LogP contribution in [0.15, 0.2) is 146 Å². The molecule has 1 aromatic heterocycles. The van der Waals surface area contributed by atoms with Crippen molar-refractivity contribution in [2.24, 2.45) is 0 Å². The Morgan fingerprint density at radius 2 is 1.24 bits per heavy atom. The molecule has 282 valence electrons. The van der Waals surface area contributed by atoms with Gasteiger partial charge in [0.2, 0.25) is 0 Å². The summed E-state index contributed by atoms with van der Waals surface area (Å²) < 4.78 is 46.7. The van der Waals surface area contributed by atoms with Crippen molar-refractivity contribution in [1.29, 1.82) is 0 Å². The summed E-state index contributed by atoms with van der Waals surface area (Å²) in [5, 5.41) is 0. The van der Waals surface area contributed by atoms with Gasteiger partial charge in [-0.25, -0.2) is 4.39 Å². The summed E-state index contributed by atoms with van der Waals surface area (Å²) in [5.41, 5.74) is 7.24. The number of benzene rings is 5. The maximum Gasteiger partial charge on any atom is 0.302 e. The average molecular weight is 757 g/mol. The summed E-state index contributed by atoms with van der Waals surface area (Å²) in [7, 11) is 0. The van der Waals surface area contributed by atoms with E-state index in [1.807, 2.05) is 103 Å². The van der Waals surface area contributed by atoms with Gasteiger partial charge in [-0.05, 0) is 70.1 Å². The molecule has 0 spiro atoms. The van der Waals surface area contributed by atoms with E-state index in [0.717, 1.165) is 43.8 Å². The Hall–Kier alpha value is -4.96. The van der Waals surface area contributed by atoms with Gasteiger partial charge in [0.15, 0.2) is 0 Å². The third-order valence-corrected chi connectivity index (χ3v) is 10.9. The molecule has 0 bridgehead atoms. The first-order valence-electron chi connectivity index (χ1n) is 18.6. The van der Waals surface area contributed by atoms with Gasteiger partial charge in [0.25, 0.3) is 0 Å². The second-order valence-corrected chi connectivity index (χ2v) is 15.0. The second kappa shape index (κ2) is 18.6. The van der Waals surface area contributed by atoms with Crippen LogP contribution in [-0.4, -0.2) is 37.0 Å². The lowest BCUT2D eigenvalue weighted by atomic mass is 9.88. The summed E-state index contributed by atoms with van der Waals surface area (Å²) in [4.78, 5) is 14.5. The normalized spacial score (nSPS) is 19.6. The number of ether oxygens (including phenoxy) is 5. The number of carbonyl (C=O) groups is 1. The molecule has 0 saturated carbocycles. The lowest BCUT2D eigenvalue weighted by molar-refractivity contribution is -0.273. The molecular weight excluding hydrogens is 712 g/mol. The molecule has 1 fully saturated rings. The van der Waals surface area contributed by atoms with Crippen LogP contribution in [0.4, 0.5) is 4.39 Å². The van der Waals surface area contributed by atoms with Crippen LogP contribution >= 0.6 is 11.3 Å². The van der Waals surface area contributed by atoms with Crippen LogP contribution in [0.3, 0.4) is 0 Å². The van der Waals surface area contributed by atoms with Crippen molar-refractivity contribution in [2.75, 3.05) is 6.61 Å². The topological polar surface area (TPSA) is 63.2 Å². The van der Waals surface area contributed by atoms with Gasteiger partial charge < -0.3 is 23.7 Å². The lowest BCUT2D eigenvalue weighted by Gasteiger charge is -2.46. The van der Waals surface area contributed by atoms with Gasteiger partial charge in [-0.15, -0.1) is 11.3 Å². The molecule has 5 atom stereocenters. The van der Waals surface area contributed by atoms with Gasteiger partial charge in [0.05, 0.1) is 19.8 Å². The Morgan fingerprint density at radius 3 is 1.82 bits per heavy atom. The van der Waals surface area contributed by atoms with Crippen molar-refractivity contribution in [1.82, 2.24) is 0 Å². The molecule has 6 aromatic rings. The number of aryl methyl sites for hydroxylation is 1.